The number of nitrogens with zero attached hydrogens (tertiary/aromatic N) is 1. The number of para-hydroxylation sites is 1. The van der Waals surface area contributed by atoms with Crippen LogP contribution in [0.5, 0.6) is 0 Å². The second-order valence-corrected chi connectivity index (χ2v) is 8.98. The fourth-order valence-corrected chi connectivity index (χ4v) is 3.38. The van der Waals surface area contributed by atoms with E-state index in [0.29, 0.717) is 0 Å². The molecular formula is C21H26FN3O4S. The van der Waals surface area contributed by atoms with Crippen molar-refractivity contribution in [2.24, 2.45) is 0 Å². The molecule has 2 amide bonds. The third-order valence-electron chi connectivity index (χ3n) is 4.53. The molecule has 0 saturated carbocycles. The van der Waals surface area contributed by atoms with Crippen LogP contribution in [0.2, 0.25) is 0 Å². The minimum Gasteiger partial charge on any atom is -0.350 e. The van der Waals surface area contributed by atoms with Crippen molar-refractivity contribution in [3.8, 4) is 0 Å². The largest absolute Gasteiger partial charge is 0.350 e. The normalized spacial score (nSPS) is 12.4. The molecule has 0 aliphatic heterocycles. The maximum Gasteiger partial charge on any atom is 0.253 e. The lowest BCUT2D eigenvalue weighted by molar-refractivity contribution is -0.116. The van der Waals surface area contributed by atoms with E-state index in [4.69, 9.17) is 0 Å². The van der Waals surface area contributed by atoms with Gasteiger partial charge in [0.15, 0.2) is 0 Å². The van der Waals surface area contributed by atoms with Crippen LogP contribution in [0, 0.1) is 5.82 Å². The summed E-state index contributed by atoms with van der Waals surface area (Å²) < 4.78 is 39.1. The molecule has 2 aromatic rings. The second kappa shape index (κ2) is 10.3. The summed E-state index contributed by atoms with van der Waals surface area (Å²) in [4.78, 5) is 25.0. The zero-order valence-electron chi connectivity index (χ0n) is 17.2. The minimum absolute atomic E-state index is 0.0391. The second-order valence-electron chi connectivity index (χ2n) is 7.00. The van der Waals surface area contributed by atoms with Crippen molar-refractivity contribution < 1.29 is 22.4 Å². The summed E-state index contributed by atoms with van der Waals surface area (Å²) in [5.41, 5.74) is 0.692. The fraction of sp³-hybridized carbons (Fsp3) is 0.333. The summed E-state index contributed by atoms with van der Waals surface area (Å²) in [5, 5.41) is 5.41. The Labute approximate surface area is 176 Å². The van der Waals surface area contributed by atoms with Gasteiger partial charge >= 0.3 is 0 Å². The monoisotopic (exact) mass is 435 g/mol. The molecule has 0 fully saturated rings. The lowest BCUT2D eigenvalue weighted by Crippen LogP contribution is -2.37. The first-order chi connectivity index (χ1) is 14.1. The summed E-state index contributed by atoms with van der Waals surface area (Å²) in [6, 6.07) is 12.2. The van der Waals surface area contributed by atoms with Gasteiger partial charge in [-0.3, -0.25) is 9.59 Å². The predicted molar refractivity (Wildman–Crippen MR) is 114 cm³/mol. The van der Waals surface area contributed by atoms with Crippen LogP contribution in [0.4, 0.5) is 10.1 Å². The summed E-state index contributed by atoms with van der Waals surface area (Å²) in [7, 11) is -3.79. The number of benzene rings is 2. The molecule has 0 saturated heterocycles. The Balaban J connectivity index is 2.17. The van der Waals surface area contributed by atoms with Crippen LogP contribution in [-0.2, 0) is 21.4 Å². The van der Waals surface area contributed by atoms with Crippen molar-refractivity contribution in [2.45, 2.75) is 32.9 Å². The highest BCUT2D eigenvalue weighted by molar-refractivity contribution is 7.88. The molecule has 0 bridgehead atoms. The molecule has 0 aliphatic carbocycles. The Hall–Kier alpha value is -2.78. The smallest absolute Gasteiger partial charge is 0.253 e. The van der Waals surface area contributed by atoms with Gasteiger partial charge in [-0.15, -0.1) is 0 Å². The maximum absolute atomic E-state index is 13.9. The molecule has 30 heavy (non-hydrogen) atoms. The third-order valence-corrected chi connectivity index (χ3v) is 5.73. The highest BCUT2D eigenvalue weighted by atomic mass is 32.2. The molecule has 9 heteroatoms. The van der Waals surface area contributed by atoms with E-state index in [1.165, 1.54) is 18.2 Å². The number of rotatable bonds is 9. The van der Waals surface area contributed by atoms with Crippen LogP contribution >= 0.6 is 0 Å². The highest BCUT2D eigenvalue weighted by Crippen LogP contribution is 2.17. The van der Waals surface area contributed by atoms with Crippen molar-refractivity contribution in [1.82, 2.24) is 9.62 Å². The van der Waals surface area contributed by atoms with Gasteiger partial charge in [-0.2, -0.15) is 4.31 Å². The predicted octanol–water partition coefficient (Wildman–Crippen LogP) is 2.75. The molecule has 0 aromatic heterocycles. The van der Waals surface area contributed by atoms with E-state index in [0.717, 1.165) is 17.0 Å². The van der Waals surface area contributed by atoms with Gasteiger partial charge in [0.05, 0.1) is 24.1 Å². The van der Waals surface area contributed by atoms with E-state index in [1.807, 2.05) is 13.8 Å². The number of amides is 2. The lowest BCUT2D eigenvalue weighted by atomic mass is 10.1. The van der Waals surface area contributed by atoms with Crippen molar-refractivity contribution >= 4 is 27.5 Å². The lowest BCUT2D eigenvalue weighted by Gasteiger charge is -2.20. The van der Waals surface area contributed by atoms with Gasteiger partial charge in [0, 0.05) is 18.2 Å². The fourth-order valence-electron chi connectivity index (χ4n) is 2.65. The van der Waals surface area contributed by atoms with E-state index in [1.54, 1.807) is 30.3 Å². The Kier molecular flexibility index (Phi) is 8.08. The van der Waals surface area contributed by atoms with Gasteiger partial charge in [-0.1, -0.05) is 37.3 Å². The molecule has 0 spiro atoms. The Bertz CT molecular complexity index is 1010. The first-order valence-corrected chi connectivity index (χ1v) is 11.3. The summed E-state index contributed by atoms with van der Waals surface area (Å²) in [5.74, 6) is -1.54. The zero-order chi connectivity index (χ0) is 22.3. The number of halogens is 1. The Morgan fingerprint density at radius 1 is 1.10 bits per heavy atom. The number of anilines is 1. The van der Waals surface area contributed by atoms with Crippen LogP contribution in [0.15, 0.2) is 48.5 Å². The van der Waals surface area contributed by atoms with E-state index in [9.17, 15) is 22.4 Å². The SMILES string of the molecule is CC[C@@H](C)NC(=O)c1ccccc1NC(=O)CN(Cc1ccccc1F)S(C)(=O)=O. The molecule has 0 aliphatic rings. The van der Waals surface area contributed by atoms with Gasteiger partial charge < -0.3 is 10.6 Å². The number of hydrogen-bond donors (Lipinski definition) is 2. The third kappa shape index (κ3) is 6.64. The molecule has 0 unspecified atom stereocenters. The van der Waals surface area contributed by atoms with Crippen molar-refractivity contribution in [3.05, 3.63) is 65.5 Å². The van der Waals surface area contributed by atoms with Crippen LogP contribution in [0.25, 0.3) is 0 Å². The molecule has 7 nitrogen and oxygen atoms in total. The van der Waals surface area contributed by atoms with Crippen LogP contribution in [-0.4, -0.2) is 43.4 Å². The van der Waals surface area contributed by atoms with Crippen LogP contribution in [0.1, 0.15) is 36.2 Å². The topological polar surface area (TPSA) is 95.6 Å². The first-order valence-electron chi connectivity index (χ1n) is 9.50. The zero-order valence-corrected chi connectivity index (χ0v) is 18.0. The molecule has 2 rings (SSSR count). The van der Waals surface area contributed by atoms with E-state index < -0.39 is 28.3 Å². The summed E-state index contributed by atoms with van der Waals surface area (Å²) >= 11 is 0. The highest BCUT2D eigenvalue weighted by Gasteiger charge is 2.23. The van der Waals surface area contributed by atoms with Gasteiger partial charge in [-0.25, -0.2) is 12.8 Å². The summed E-state index contributed by atoms with van der Waals surface area (Å²) in [6.07, 6.45) is 1.70. The van der Waals surface area contributed by atoms with E-state index in [-0.39, 0.29) is 35.3 Å². The number of carbonyl (C=O) groups excluding carboxylic acids is 2. The van der Waals surface area contributed by atoms with E-state index >= 15 is 0 Å². The van der Waals surface area contributed by atoms with E-state index in [2.05, 4.69) is 10.6 Å². The van der Waals surface area contributed by atoms with Gasteiger partial charge in [-0.05, 0) is 31.5 Å². The minimum atomic E-state index is -3.79. The number of sulfonamides is 1. The van der Waals surface area contributed by atoms with Crippen molar-refractivity contribution in [1.29, 1.82) is 0 Å². The van der Waals surface area contributed by atoms with Crippen LogP contribution < -0.4 is 10.6 Å². The number of carbonyl (C=O) groups is 2. The molecule has 0 heterocycles. The van der Waals surface area contributed by atoms with Gasteiger partial charge in [0.1, 0.15) is 5.82 Å². The quantitative estimate of drug-likeness (QED) is 0.633. The summed E-state index contributed by atoms with van der Waals surface area (Å²) in [6.45, 7) is 3.00. The number of nitrogens with one attached hydrogen (secondary N) is 2. The molecule has 1 atom stereocenters. The van der Waals surface area contributed by atoms with Gasteiger partial charge in [0.25, 0.3) is 5.91 Å². The molecule has 2 aromatic carbocycles. The molecule has 162 valence electrons. The maximum atomic E-state index is 13.9. The average molecular weight is 436 g/mol. The standard InChI is InChI=1S/C21H26FN3O4S/c1-4-15(2)23-21(27)17-10-6-8-12-19(17)24-20(26)14-25(30(3,28)29)13-16-9-5-7-11-18(16)22/h5-12,15H,4,13-14H2,1-3H3,(H,23,27)(H,24,26)/t15-/m1/s1. The number of hydrogen-bond acceptors (Lipinski definition) is 4. The molecular weight excluding hydrogens is 409 g/mol. The molecule has 2 N–H and O–H groups in total. The van der Waals surface area contributed by atoms with Crippen molar-refractivity contribution in [3.63, 3.8) is 0 Å². The Morgan fingerprint density at radius 2 is 1.73 bits per heavy atom. The Morgan fingerprint density at radius 3 is 2.37 bits per heavy atom. The first kappa shape index (κ1) is 23.5. The van der Waals surface area contributed by atoms with Crippen LogP contribution in [0.3, 0.4) is 0 Å². The van der Waals surface area contributed by atoms with Gasteiger partial charge in [0.2, 0.25) is 15.9 Å². The van der Waals surface area contributed by atoms with Crippen molar-refractivity contribution in [2.75, 3.05) is 18.1 Å². The molecule has 0 radical (unpaired) electrons. The average Bonchev–Trinajstić information content (AvgIpc) is 2.68.